The van der Waals surface area contributed by atoms with Gasteiger partial charge in [0.1, 0.15) is 0 Å². The Labute approximate surface area is 104 Å². The first-order valence-electron chi connectivity index (χ1n) is 6.75. The van der Waals surface area contributed by atoms with Gasteiger partial charge in [-0.2, -0.15) is 0 Å². The minimum absolute atomic E-state index is 0.697. The molecule has 1 aliphatic carbocycles. The van der Waals surface area contributed by atoms with Crippen LogP contribution in [0.5, 0.6) is 0 Å². The summed E-state index contributed by atoms with van der Waals surface area (Å²) >= 11 is 0. The van der Waals surface area contributed by atoms with E-state index in [4.69, 9.17) is 0 Å². The Morgan fingerprint density at radius 2 is 2.18 bits per heavy atom. The van der Waals surface area contributed by atoms with Crippen molar-refractivity contribution < 1.29 is 0 Å². The smallest absolute Gasteiger partial charge is 0.0210 e. The SMILES string of the molecule is CC1CC(NCC2Cc3ccccc32)CN1C. The van der Waals surface area contributed by atoms with Gasteiger partial charge in [-0.15, -0.1) is 0 Å². The van der Waals surface area contributed by atoms with Crippen molar-refractivity contribution in [2.24, 2.45) is 0 Å². The minimum Gasteiger partial charge on any atom is -0.312 e. The molecule has 1 heterocycles. The third-order valence-electron chi connectivity index (χ3n) is 4.50. The highest BCUT2D eigenvalue weighted by molar-refractivity contribution is 5.40. The van der Waals surface area contributed by atoms with E-state index in [1.807, 2.05) is 0 Å². The number of rotatable bonds is 3. The number of likely N-dealkylation sites (N-methyl/N-ethyl adjacent to an activating group) is 1. The van der Waals surface area contributed by atoms with Crippen LogP contribution in [-0.2, 0) is 6.42 Å². The second kappa shape index (κ2) is 4.43. The van der Waals surface area contributed by atoms with E-state index in [1.165, 1.54) is 19.4 Å². The van der Waals surface area contributed by atoms with Crippen LogP contribution >= 0.6 is 0 Å². The van der Waals surface area contributed by atoms with E-state index in [0.29, 0.717) is 6.04 Å². The highest BCUT2D eigenvalue weighted by Crippen LogP contribution is 2.34. The molecule has 92 valence electrons. The molecule has 0 saturated carbocycles. The van der Waals surface area contributed by atoms with E-state index in [1.54, 1.807) is 11.1 Å². The number of likely N-dealkylation sites (tertiary alicyclic amines) is 1. The molecule has 3 atom stereocenters. The van der Waals surface area contributed by atoms with Gasteiger partial charge in [-0.3, -0.25) is 0 Å². The summed E-state index contributed by atoms with van der Waals surface area (Å²) in [7, 11) is 2.23. The van der Waals surface area contributed by atoms with E-state index in [-0.39, 0.29) is 0 Å². The molecule has 2 heteroatoms. The average molecular weight is 230 g/mol. The Bertz CT molecular complexity index is 392. The molecule has 0 aromatic heterocycles. The fourth-order valence-corrected chi connectivity index (χ4v) is 3.20. The van der Waals surface area contributed by atoms with Crippen molar-refractivity contribution in [3.8, 4) is 0 Å². The first-order chi connectivity index (χ1) is 8.24. The third-order valence-corrected chi connectivity index (χ3v) is 4.50. The lowest BCUT2D eigenvalue weighted by Gasteiger charge is -2.31. The quantitative estimate of drug-likeness (QED) is 0.854. The Kier molecular flexibility index (Phi) is 2.93. The van der Waals surface area contributed by atoms with Gasteiger partial charge in [0.25, 0.3) is 0 Å². The maximum absolute atomic E-state index is 3.74. The number of hydrogen-bond acceptors (Lipinski definition) is 2. The molecule has 0 bridgehead atoms. The van der Waals surface area contributed by atoms with Gasteiger partial charge in [-0.05, 0) is 37.9 Å². The lowest BCUT2D eigenvalue weighted by Crippen LogP contribution is -2.37. The molecule has 1 saturated heterocycles. The summed E-state index contributed by atoms with van der Waals surface area (Å²) in [4.78, 5) is 2.45. The first kappa shape index (κ1) is 11.2. The van der Waals surface area contributed by atoms with E-state index in [9.17, 15) is 0 Å². The fraction of sp³-hybridized carbons (Fsp3) is 0.600. The number of benzene rings is 1. The molecule has 0 spiro atoms. The van der Waals surface area contributed by atoms with Gasteiger partial charge in [0.05, 0.1) is 0 Å². The summed E-state index contributed by atoms with van der Waals surface area (Å²) in [6, 6.07) is 10.3. The summed E-state index contributed by atoms with van der Waals surface area (Å²) in [6.07, 6.45) is 2.56. The maximum Gasteiger partial charge on any atom is 0.0210 e. The molecule has 2 aliphatic rings. The maximum atomic E-state index is 3.74. The van der Waals surface area contributed by atoms with E-state index in [0.717, 1.165) is 18.5 Å². The Morgan fingerprint density at radius 3 is 2.88 bits per heavy atom. The summed E-state index contributed by atoms with van der Waals surface area (Å²) < 4.78 is 0. The van der Waals surface area contributed by atoms with Crippen molar-refractivity contribution in [2.45, 2.75) is 37.8 Å². The average Bonchev–Trinajstić information content (AvgIpc) is 2.60. The number of nitrogens with one attached hydrogen (secondary N) is 1. The predicted molar refractivity (Wildman–Crippen MR) is 71.4 cm³/mol. The zero-order valence-corrected chi connectivity index (χ0v) is 10.8. The molecule has 1 aromatic rings. The van der Waals surface area contributed by atoms with Crippen molar-refractivity contribution in [2.75, 3.05) is 20.1 Å². The molecule has 3 rings (SSSR count). The molecule has 2 nitrogen and oxygen atoms in total. The minimum atomic E-state index is 0.697. The zero-order chi connectivity index (χ0) is 11.8. The van der Waals surface area contributed by atoms with Crippen LogP contribution in [0.1, 0.15) is 30.4 Å². The normalized spacial score (nSPS) is 32.2. The summed E-state index contributed by atoms with van der Waals surface area (Å²) in [6.45, 7) is 4.68. The number of hydrogen-bond donors (Lipinski definition) is 1. The largest absolute Gasteiger partial charge is 0.312 e. The molecule has 0 amide bonds. The van der Waals surface area contributed by atoms with Gasteiger partial charge in [0.15, 0.2) is 0 Å². The summed E-state index contributed by atoms with van der Waals surface area (Å²) in [5.74, 6) is 0.757. The fourth-order valence-electron chi connectivity index (χ4n) is 3.20. The van der Waals surface area contributed by atoms with Crippen LogP contribution < -0.4 is 5.32 Å². The van der Waals surface area contributed by atoms with Crippen LogP contribution in [-0.4, -0.2) is 37.1 Å². The number of fused-ring (bicyclic) bond motifs is 1. The highest BCUT2D eigenvalue weighted by atomic mass is 15.2. The van der Waals surface area contributed by atoms with Crippen molar-refractivity contribution in [3.05, 3.63) is 35.4 Å². The lowest BCUT2D eigenvalue weighted by molar-refractivity contribution is 0.326. The predicted octanol–water partition coefficient (Wildman–Crippen LogP) is 2.01. The Hall–Kier alpha value is -0.860. The van der Waals surface area contributed by atoms with Crippen molar-refractivity contribution in [1.82, 2.24) is 10.2 Å². The van der Waals surface area contributed by atoms with Crippen molar-refractivity contribution >= 4 is 0 Å². The molecular formula is C15H22N2. The van der Waals surface area contributed by atoms with Crippen LogP contribution in [0, 0.1) is 0 Å². The molecule has 3 unspecified atom stereocenters. The van der Waals surface area contributed by atoms with Crippen LogP contribution in [0.3, 0.4) is 0 Å². The molecule has 1 N–H and O–H groups in total. The Balaban J connectivity index is 1.51. The van der Waals surface area contributed by atoms with Crippen LogP contribution in [0.15, 0.2) is 24.3 Å². The van der Waals surface area contributed by atoms with Crippen molar-refractivity contribution in [1.29, 1.82) is 0 Å². The van der Waals surface area contributed by atoms with Crippen LogP contribution in [0.4, 0.5) is 0 Å². The van der Waals surface area contributed by atoms with Crippen LogP contribution in [0.2, 0.25) is 0 Å². The second-order valence-corrected chi connectivity index (χ2v) is 5.73. The van der Waals surface area contributed by atoms with Crippen LogP contribution in [0.25, 0.3) is 0 Å². The second-order valence-electron chi connectivity index (χ2n) is 5.73. The standard InChI is InChI=1S/C15H22N2/c1-11-7-14(10-17(11)2)16-9-13-8-12-5-3-4-6-15(12)13/h3-6,11,13-14,16H,7-10H2,1-2H3. The highest BCUT2D eigenvalue weighted by Gasteiger charge is 2.29. The molecule has 17 heavy (non-hydrogen) atoms. The Morgan fingerprint density at radius 1 is 1.35 bits per heavy atom. The van der Waals surface area contributed by atoms with Gasteiger partial charge >= 0.3 is 0 Å². The van der Waals surface area contributed by atoms with Gasteiger partial charge < -0.3 is 10.2 Å². The third kappa shape index (κ3) is 2.12. The molecule has 1 aromatic carbocycles. The summed E-state index contributed by atoms with van der Waals surface area (Å²) in [5, 5.41) is 3.74. The lowest BCUT2D eigenvalue weighted by atomic mass is 9.77. The van der Waals surface area contributed by atoms with E-state index in [2.05, 4.69) is 48.5 Å². The molecule has 1 fully saturated rings. The number of nitrogens with zero attached hydrogens (tertiary/aromatic N) is 1. The molecular weight excluding hydrogens is 208 g/mol. The monoisotopic (exact) mass is 230 g/mol. The van der Waals surface area contributed by atoms with Gasteiger partial charge in [0, 0.05) is 31.1 Å². The van der Waals surface area contributed by atoms with E-state index < -0.39 is 0 Å². The van der Waals surface area contributed by atoms with Gasteiger partial charge in [-0.1, -0.05) is 24.3 Å². The van der Waals surface area contributed by atoms with Gasteiger partial charge in [-0.25, -0.2) is 0 Å². The zero-order valence-electron chi connectivity index (χ0n) is 10.8. The molecule has 0 radical (unpaired) electrons. The van der Waals surface area contributed by atoms with Gasteiger partial charge in [0.2, 0.25) is 0 Å². The van der Waals surface area contributed by atoms with Crippen molar-refractivity contribution in [3.63, 3.8) is 0 Å². The van der Waals surface area contributed by atoms with E-state index >= 15 is 0 Å². The first-order valence-corrected chi connectivity index (χ1v) is 6.75. The molecule has 1 aliphatic heterocycles. The topological polar surface area (TPSA) is 15.3 Å². The summed E-state index contributed by atoms with van der Waals surface area (Å²) in [5.41, 5.74) is 3.12.